The van der Waals surface area contributed by atoms with Crippen LogP contribution in [0.5, 0.6) is 0 Å². The van der Waals surface area contributed by atoms with Crippen LogP contribution in [-0.2, 0) is 14.1 Å². The number of aryl methyl sites for hydroxylation is 1. The molecule has 7 nitrogen and oxygen atoms in total. The number of carbonyl (C=O) groups is 1. The molecule has 2 heterocycles. The molecule has 1 aliphatic rings. The molecule has 1 amide bonds. The third-order valence-corrected chi connectivity index (χ3v) is 5.03. The van der Waals surface area contributed by atoms with E-state index < -0.39 is 35.3 Å². The molecule has 0 bridgehead atoms. The Hall–Kier alpha value is -2.65. The molecule has 27 heavy (non-hydrogen) atoms. The summed E-state index contributed by atoms with van der Waals surface area (Å²) in [5.74, 6) is -2.01. The van der Waals surface area contributed by atoms with Crippen molar-refractivity contribution in [3.8, 4) is 0 Å². The van der Waals surface area contributed by atoms with Crippen LogP contribution < -0.4 is 16.6 Å². The van der Waals surface area contributed by atoms with Crippen molar-refractivity contribution in [1.82, 2.24) is 19.4 Å². The van der Waals surface area contributed by atoms with E-state index in [1.54, 1.807) is 0 Å². The molecule has 0 unspecified atom stereocenters. The largest absolute Gasteiger partial charge is 0.391 e. The summed E-state index contributed by atoms with van der Waals surface area (Å²) in [5, 5.41) is 2.69. The first-order valence-corrected chi connectivity index (χ1v) is 8.53. The van der Waals surface area contributed by atoms with Crippen LogP contribution in [0.1, 0.15) is 36.0 Å². The maximum atomic E-state index is 12.9. The highest BCUT2D eigenvalue weighted by Crippen LogP contribution is 2.37. The molecule has 1 saturated carbocycles. The normalized spacial score (nSPS) is 20.6. The van der Waals surface area contributed by atoms with Crippen LogP contribution in [0.4, 0.5) is 13.2 Å². The van der Waals surface area contributed by atoms with Crippen LogP contribution >= 0.6 is 0 Å². The lowest BCUT2D eigenvalue weighted by atomic mass is 9.85. The van der Waals surface area contributed by atoms with Crippen molar-refractivity contribution in [3.05, 3.63) is 38.7 Å². The summed E-state index contributed by atoms with van der Waals surface area (Å²) in [6.07, 6.45) is -2.31. The number of aromatic nitrogens is 3. The van der Waals surface area contributed by atoms with E-state index in [1.807, 2.05) is 0 Å². The average Bonchev–Trinajstić information content (AvgIpc) is 2.63. The smallest absolute Gasteiger partial charge is 0.349 e. The van der Waals surface area contributed by atoms with Gasteiger partial charge in [0.05, 0.1) is 16.9 Å². The van der Waals surface area contributed by atoms with Gasteiger partial charge < -0.3 is 5.32 Å². The number of halogens is 3. The van der Waals surface area contributed by atoms with Gasteiger partial charge in [-0.3, -0.25) is 18.7 Å². The number of amides is 1. The molecule has 0 radical (unpaired) electrons. The molecule has 1 aliphatic carbocycles. The fourth-order valence-electron chi connectivity index (χ4n) is 3.48. The Labute approximate surface area is 151 Å². The molecule has 146 valence electrons. The van der Waals surface area contributed by atoms with Crippen LogP contribution in [0.2, 0.25) is 0 Å². The van der Waals surface area contributed by atoms with Gasteiger partial charge in [0, 0.05) is 26.3 Å². The standard InChI is InChI=1S/C17H19F3N4O3/c1-23-13-12(15(26)24(2)16(23)27)6-9(8-21-13)14(25)22-11-5-3-4-10(7-11)17(18,19)20/h6,8,10-11H,3-5,7H2,1-2H3,(H,22,25)/t10-,11+/m1/s1. The van der Waals surface area contributed by atoms with Crippen LogP contribution in [0.25, 0.3) is 11.0 Å². The second-order valence-electron chi connectivity index (χ2n) is 6.88. The third-order valence-electron chi connectivity index (χ3n) is 5.03. The molecule has 0 saturated heterocycles. The van der Waals surface area contributed by atoms with Gasteiger partial charge in [0.1, 0.15) is 5.65 Å². The monoisotopic (exact) mass is 384 g/mol. The van der Waals surface area contributed by atoms with Crippen LogP contribution in [0, 0.1) is 5.92 Å². The van der Waals surface area contributed by atoms with Crippen molar-refractivity contribution in [2.45, 2.75) is 37.9 Å². The lowest BCUT2D eigenvalue weighted by Crippen LogP contribution is -2.41. The summed E-state index contributed by atoms with van der Waals surface area (Å²) in [6.45, 7) is 0. The highest BCUT2D eigenvalue weighted by molar-refractivity contribution is 5.96. The molecule has 1 fully saturated rings. The minimum absolute atomic E-state index is 0.0624. The van der Waals surface area contributed by atoms with Gasteiger partial charge >= 0.3 is 11.9 Å². The Kier molecular flexibility index (Phi) is 4.83. The van der Waals surface area contributed by atoms with E-state index in [4.69, 9.17) is 0 Å². The lowest BCUT2D eigenvalue weighted by Gasteiger charge is -2.31. The SMILES string of the molecule is Cn1c(=O)c2cc(C(=O)N[C@H]3CCC[C@@H](C(F)(F)F)C3)cnc2n(C)c1=O. The molecule has 2 atom stereocenters. The van der Waals surface area contributed by atoms with Crippen LogP contribution in [0.3, 0.4) is 0 Å². The zero-order chi connectivity index (χ0) is 19.9. The van der Waals surface area contributed by atoms with Gasteiger partial charge in [0.25, 0.3) is 11.5 Å². The maximum Gasteiger partial charge on any atom is 0.391 e. The van der Waals surface area contributed by atoms with E-state index in [0.29, 0.717) is 12.8 Å². The molecule has 2 aromatic rings. The third kappa shape index (κ3) is 3.60. The fourth-order valence-corrected chi connectivity index (χ4v) is 3.48. The zero-order valence-corrected chi connectivity index (χ0v) is 14.8. The van der Waals surface area contributed by atoms with Gasteiger partial charge in [0.15, 0.2) is 0 Å². The summed E-state index contributed by atoms with van der Waals surface area (Å²) in [4.78, 5) is 40.7. The van der Waals surface area contributed by atoms with Gasteiger partial charge in [-0.25, -0.2) is 9.78 Å². The summed E-state index contributed by atoms with van der Waals surface area (Å²) >= 11 is 0. The number of hydrogen-bond donors (Lipinski definition) is 1. The minimum atomic E-state index is -4.27. The summed E-state index contributed by atoms with van der Waals surface area (Å²) in [6, 6.07) is 0.722. The summed E-state index contributed by atoms with van der Waals surface area (Å²) in [5.41, 5.74) is -0.940. The number of rotatable bonds is 2. The molecule has 0 aliphatic heterocycles. The van der Waals surface area contributed by atoms with E-state index >= 15 is 0 Å². The van der Waals surface area contributed by atoms with E-state index in [9.17, 15) is 27.6 Å². The van der Waals surface area contributed by atoms with Gasteiger partial charge in [-0.15, -0.1) is 0 Å². The molecular weight excluding hydrogens is 365 g/mol. The first-order valence-electron chi connectivity index (χ1n) is 8.53. The van der Waals surface area contributed by atoms with Crippen molar-refractivity contribution < 1.29 is 18.0 Å². The van der Waals surface area contributed by atoms with Gasteiger partial charge in [0.2, 0.25) is 0 Å². The van der Waals surface area contributed by atoms with Gasteiger partial charge in [-0.1, -0.05) is 6.42 Å². The van der Waals surface area contributed by atoms with Crippen LogP contribution in [0.15, 0.2) is 21.9 Å². The molecule has 0 spiro atoms. The molecule has 0 aromatic carbocycles. The molecule has 1 N–H and O–H groups in total. The quantitative estimate of drug-likeness (QED) is 0.850. The molecule has 2 aromatic heterocycles. The Morgan fingerprint density at radius 3 is 2.59 bits per heavy atom. The highest BCUT2D eigenvalue weighted by atomic mass is 19.4. The van der Waals surface area contributed by atoms with Crippen molar-refractivity contribution in [2.24, 2.45) is 20.0 Å². The average molecular weight is 384 g/mol. The maximum absolute atomic E-state index is 12.9. The first-order chi connectivity index (χ1) is 12.6. The summed E-state index contributed by atoms with van der Waals surface area (Å²) in [7, 11) is 2.77. The Balaban J connectivity index is 1.86. The number of hydrogen-bond acceptors (Lipinski definition) is 4. The molecular formula is C17H19F3N4O3. The van der Waals surface area contributed by atoms with Crippen molar-refractivity contribution in [1.29, 1.82) is 0 Å². The van der Waals surface area contributed by atoms with E-state index in [2.05, 4.69) is 10.3 Å². The van der Waals surface area contributed by atoms with E-state index in [-0.39, 0.29) is 29.4 Å². The predicted octanol–water partition coefficient (Wildman–Crippen LogP) is 1.48. The van der Waals surface area contributed by atoms with Gasteiger partial charge in [-0.2, -0.15) is 13.2 Å². The fraction of sp³-hybridized carbons (Fsp3) is 0.529. The topological polar surface area (TPSA) is 86.0 Å². The van der Waals surface area contributed by atoms with Crippen molar-refractivity contribution >= 4 is 16.9 Å². The Bertz CT molecular complexity index is 1010. The predicted molar refractivity (Wildman–Crippen MR) is 91.5 cm³/mol. The number of pyridine rings is 1. The number of carbonyl (C=O) groups excluding carboxylic acids is 1. The first kappa shape index (κ1) is 19.1. The number of nitrogens with zero attached hydrogens (tertiary/aromatic N) is 3. The summed E-state index contributed by atoms with van der Waals surface area (Å²) < 4.78 is 40.8. The second-order valence-corrected chi connectivity index (χ2v) is 6.88. The van der Waals surface area contributed by atoms with Crippen molar-refractivity contribution in [2.75, 3.05) is 0 Å². The van der Waals surface area contributed by atoms with E-state index in [1.165, 1.54) is 30.9 Å². The highest BCUT2D eigenvalue weighted by Gasteiger charge is 2.42. The lowest BCUT2D eigenvalue weighted by molar-refractivity contribution is -0.183. The number of fused-ring (bicyclic) bond motifs is 1. The van der Waals surface area contributed by atoms with Gasteiger partial charge in [-0.05, 0) is 25.3 Å². The van der Waals surface area contributed by atoms with E-state index in [0.717, 1.165) is 4.57 Å². The number of alkyl halides is 3. The second kappa shape index (κ2) is 6.82. The molecule has 3 rings (SSSR count). The number of nitrogens with one attached hydrogen (secondary N) is 1. The van der Waals surface area contributed by atoms with Crippen molar-refractivity contribution in [3.63, 3.8) is 0 Å². The Morgan fingerprint density at radius 1 is 1.22 bits per heavy atom. The zero-order valence-electron chi connectivity index (χ0n) is 14.8. The van der Waals surface area contributed by atoms with Crippen LogP contribution in [-0.4, -0.2) is 32.2 Å². The Morgan fingerprint density at radius 2 is 1.93 bits per heavy atom. The minimum Gasteiger partial charge on any atom is -0.349 e. The molecule has 10 heteroatoms.